The van der Waals surface area contributed by atoms with Crippen LogP contribution in [0.25, 0.3) is 0 Å². The summed E-state index contributed by atoms with van der Waals surface area (Å²) in [5.41, 5.74) is 0. The zero-order valence-electron chi connectivity index (χ0n) is 27.2. The minimum Gasteiger partial charge on any atom is -0.394 e. The monoisotopic (exact) mass is 594 g/mol. The Labute approximate surface area is 258 Å². The molecule has 0 aromatic carbocycles. The van der Waals surface area contributed by atoms with E-state index in [1.807, 2.05) is 0 Å². The zero-order valence-corrected chi connectivity index (χ0v) is 27.2. The van der Waals surface area contributed by atoms with Crippen LogP contribution in [-0.2, 0) is 4.79 Å². The lowest BCUT2D eigenvalue weighted by Gasteiger charge is -2.27. The molecule has 0 radical (unpaired) electrons. The van der Waals surface area contributed by atoms with Crippen molar-refractivity contribution >= 4 is 5.91 Å². The fourth-order valence-corrected chi connectivity index (χ4v) is 4.94. The van der Waals surface area contributed by atoms with E-state index in [9.17, 15) is 25.2 Å². The number of aliphatic hydroxyl groups is 4. The maximum Gasteiger partial charge on any atom is 0.249 e. The molecule has 0 aliphatic carbocycles. The van der Waals surface area contributed by atoms with Gasteiger partial charge in [0.25, 0.3) is 0 Å². The van der Waals surface area contributed by atoms with Crippen molar-refractivity contribution < 1.29 is 25.2 Å². The van der Waals surface area contributed by atoms with Gasteiger partial charge in [0.05, 0.1) is 18.8 Å². The van der Waals surface area contributed by atoms with E-state index in [-0.39, 0.29) is 0 Å². The van der Waals surface area contributed by atoms with Crippen LogP contribution in [0, 0.1) is 0 Å². The van der Waals surface area contributed by atoms with Crippen molar-refractivity contribution in [3.8, 4) is 0 Å². The Hall–Kier alpha value is -1.47. The highest BCUT2D eigenvalue weighted by Gasteiger charge is 2.28. The van der Waals surface area contributed by atoms with Gasteiger partial charge in [-0.25, -0.2) is 0 Å². The molecular weight excluding hydrogens is 526 g/mol. The van der Waals surface area contributed by atoms with E-state index < -0.39 is 36.9 Å². The van der Waals surface area contributed by atoms with Crippen LogP contribution in [0.5, 0.6) is 0 Å². The molecule has 0 aromatic heterocycles. The third-order valence-electron chi connectivity index (χ3n) is 7.80. The summed E-state index contributed by atoms with van der Waals surface area (Å²) in [6.45, 7) is 3.96. The second-order valence-corrected chi connectivity index (χ2v) is 11.8. The van der Waals surface area contributed by atoms with Crippen molar-refractivity contribution in [2.24, 2.45) is 0 Å². The lowest BCUT2D eigenvalue weighted by molar-refractivity contribution is -0.132. The second-order valence-electron chi connectivity index (χ2n) is 11.8. The smallest absolute Gasteiger partial charge is 0.249 e. The number of carbonyl (C=O) groups excluding carboxylic acids is 1. The van der Waals surface area contributed by atoms with Gasteiger partial charge >= 0.3 is 0 Å². The van der Waals surface area contributed by atoms with Crippen LogP contribution in [0.2, 0.25) is 0 Å². The number of hydrogen-bond donors (Lipinski definition) is 5. The standard InChI is InChI=1S/C36H67NO5/c1-3-5-7-9-11-13-15-17-18-20-21-23-25-27-29-33(39)35(41)32(31-38)37-36(42)34(40)30-28-26-24-22-19-16-14-12-10-8-6-4-2/h15,17,19,21-23,32-35,38-41H,3-14,16,18,20,24-31H2,1-2H3,(H,37,42)/b17-15+,22-19-,23-21+. The summed E-state index contributed by atoms with van der Waals surface area (Å²) in [5, 5.41) is 43.2. The summed E-state index contributed by atoms with van der Waals surface area (Å²) >= 11 is 0. The zero-order chi connectivity index (χ0) is 31.1. The molecule has 0 fully saturated rings. The van der Waals surface area contributed by atoms with Crippen molar-refractivity contribution in [1.82, 2.24) is 5.32 Å². The quantitative estimate of drug-likeness (QED) is 0.0431. The molecule has 0 saturated carbocycles. The van der Waals surface area contributed by atoms with Crippen LogP contribution < -0.4 is 5.32 Å². The van der Waals surface area contributed by atoms with E-state index in [4.69, 9.17) is 0 Å². The number of carbonyl (C=O) groups is 1. The Morgan fingerprint density at radius 1 is 0.571 bits per heavy atom. The number of rotatable bonds is 30. The molecule has 6 heteroatoms. The van der Waals surface area contributed by atoms with Crippen molar-refractivity contribution in [1.29, 1.82) is 0 Å². The minimum atomic E-state index is -1.29. The molecule has 6 nitrogen and oxygen atoms in total. The van der Waals surface area contributed by atoms with Crippen LogP contribution in [-0.4, -0.2) is 57.3 Å². The molecule has 0 aliphatic rings. The van der Waals surface area contributed by atoms with Gasteiger partial charge in [0.2, 0.25) is 5.91 Å². The van der Waals surface area contributed by atoms with Gasteiger partial charge < -0.3 is 25.7 Å². The van der Waals surface area contributed by atoms with E-state index in [1.54, 1.807) is 0 Å². The van der Waals surface area contributed by atoms with Crippen molar-refractivity contribution in [3.05, 3.63) is 36.5 Å². The first kappa shape index (κ1) is 40.5. The number of hydrogen-bond acceptors (Lipinski definition) is 5. The molecule has 4 unspecified atom stereocenters. The summed E-state index contributed by atoms with van der Waals surface area (Å²) in [6.07, 6.45) is 33.1. The number of amides is 1. The van der Waals surface area contributed by atoms with Crippen molar-refractivity contribution in [2.45, 2.75) is 179 Å². The molecule has 0 heterocycles. The van der Waals surface area contributed by atoms with Crippen LogP contribution in [0.15, 0.2) is 36.5 Å². The van der Waals surface area contributed by atoms with Gasteiger partial charge in [-0.3, -0.25) is 4.79 Å². The summed E-state index contributed by atoms with van der Waals surface area (Å²) in [5.74, 6) is -0.618. The van der Waals surface area contributed by atoms with E-state index in [2.05, 4.69) is 55.6 Å². The summed E-state index contributed by atoms with van der Waals surface area (Å²) in [6, 6.07) is -1.01. The first-order valence-corrected chi connectivity index (χ1v) is 17.4. The van der Waals surface area contributed by atoms with Crippen molar-refractivity contribution in [3.63, 3.8) is 0 Å². The molecule has 5 N–H and O–H groups in total. The van der Waals surface area contributed by atoms with E-state index in [1.165, 1.54) is 77.0 Å². The Morgan fingerprint density at radius 3 is 1.50 bits per heavy atom. The highest BCUT2D eigenvalue weighted by atomic mass is 16.3. The van der Waals surface area contributed by atoms with E-state index >= 15 is 0 Å². The Kier molecular flexibility index (Phi) is 29.9. The first-order valence-electron chi connectivity index (χ1n) is 17.4. The predicted molar refractivity (Wildman–Crippen MR) is 177 cm³/mol. The van der Waals surface area contributed by atoms with Crippen LogP contribution in [0.4, 0.5) is 0 Å². The summed E-state index contributed by atoms with van der Waals surface area (Å²) < 4.78 is 0. The maximum absolute atomic E-state index is 12.4. The van der Waals surface area contributed by atoms with Gasteiger partial charge in [-0.05, 0) is 77.0 Å². The molecule has 4 atom stereocenters. The summed E-state index contributed by atoms with van der Waals surface area (Å²) in [4.78, 5) is 12.4. The molecular formula is C36H67NO5. The van der Waals surface area contributed by atoms with Gasteiger partial charge in [-0.1, -0.05) is 115 Å². The Balaban J connectivity index is 3.98. The highest BCUT2D eigenvalue weighted by Crippen LogP contribution is 2.12. The second kappa shape index (κ2) is 31.0. The average Bonchev–Trinajstić information content (AvgIpc) is 2.99. The molecule has 0 aliphatic heterocycles. The first-order chi connectivity index (χ1) is 20.5. The minimum absolute atomic E-state index is 0.328. The van der Waals surface area contributed by atoms with Gasteiger partial charge in [0, 0.05) is 0 Å². The molecule has 42 heavy (non-hydrogen) atoms. The van der Waals surface area contributed by atoms with E-state index in [0.29, 0.717) is 25.7 Å². The number of unbranched alkanes of at least 4 members (excludes halogenated alkanes) is 15. The number of nitrogens with one attached hydrogen (secondary N) is 1. The lowest BCUT2D eigenvalue weighted by Crippen LogP contribution is -2.53. The predicted octanol–water partition coefficient (Wildman–Crippen LogP) is 7.84. The Morgan fingerprint density at radius 2 is 1.00 bits per heavy atom. The molecule has 1 amide bonds. The van der Waals surface area contributed by atoms with Gasteiger partial charge in [0.15, 0.2) is 0 Å². The fraction of sp³-hybridized carbons (Fsp3) is 0.806. The number of allylic oxidation sites excluding steroid dienone is 6. The van der Waals surface area contributed by atoms with Gasteiger partial charge in [-0.15, -0.1) is 0 Å². The SMILES string of the molecule is CCCCCCC/C=C/CC/C=C/CCCC(O)C(O)C(CO)NC(=O)C(O)CCCC/C=C\CCCCCCCC. The molecule has 0 rings (SSSR count). The van der Waals surface area contributed by atoms with Crippen molar-refractivity contribution in [2.75, 3.05) is 6.61 Å². The van der Waals surface area contributed by atoms with Crippen LogP contribution >= 0.6 is 0 Å². The topological polar surface area (TPSA) is 110 Å². The third-order valence-corrected chi connectivity index (χ3v) is 7.80. The molecule has 0 aromatic rings. The van der Waals surface area contributed by atoms with Gasteiger partial charge in [0.1, 0.15) is 12.2 Å². The van der Waals surface area contributed by atoms with Crippen LogP contribution in [0.3, 0.4) is 0 Å². The normalized spacial score (nSPS) is 15.1. The number of aliphatic hydroxyl groups excluding tert-OH is 4. The van der Waals surface area contributed by atoms with E-state index in [0.717, 1.165) is 38.5 Å². The van der Waals surface area contributed by atoms with Crippen LogP contribution in [0.1, 0.15) is 155 Å². The average molecular weight is 594 g/mol. The molecule has 0 saturated heterocycles. The lowest BCUT2D eigenvalue weighted by atomic mass is 10.00. The third kappa shape index (κ3) is 25.1. The molecule has 0 bridgehead atoms. The highest BCUT2D eigenvalue weighted by molar-refractivity contribution is 5.80. The fourth-order valence-electron chi connectivity index (χ4n) is 4.94. The summed E-state index contributed by atoms with van der Waals surface area (Å²) in [7, 11) is 0. The Bertz CT molecular complexity index is 678. The molecule has 0 spiro atoms. The molecule has 246 valence electrons. The largest absolute Gasteiger partial charge is 0.394 e. The van der Waals surface area contributed by atoms with Gasteiger partial charge in [-0.2, -0.15) is 0 Å². The maximum atomic E-state index is 12.4.